The zero-order chi connectivity index (χ0) is 20.1. The molecule has 0 aromatic heterocycles. The van der Waals surface area contributed by atoms with Crippen molar-refractivity contribution in [1.82, 2.24) is 5.32 Å². The minimum atomic E-state index is -1.45. The van der Waals surface area contributed by atoms with Crippen LogP contribution in [0, 0.1) is 17.2 Å². The van der Waals surface area contributed by atoms with Gasteiger partial charge in [0.05, 0.1) is 6.07 Å². The van der Waals surface area contributed by atoms with Crippen molar-refractivity contribution in [3.8, 4) is 6.07 Å². The number of nitrogens with one attached hydrogen (secondary N) is 2. The number of nitriles is 1. The molecule has 2 N–H and O–H groups in total. The van der Waals surface area contributed by atoms with Gasteiger partial charge >= 0.3 is 6.03 Å². The number of ketones is 1. The van der Waals surface area contributed by atoms with Crippen LogP contribution in [0.1, 0.15) is 22.8 Å². The number of anilines is 2. The molecule has 3 amide bonds. The van der Waals surface area contributed by atoms with Gasteiger partial charge in [-0.15, -0.1) is 0 Å². The van der Waals surface area contributed by atoms with E-state index in [-0.39, 0.29) is 11.6 Å². The topological polar surface area (TPSA) is 102 Å². The molecule has 2 aromatic rings. The molecule has 7 nitrogen and oxygen atoms in total. The Hall–Kier alpha value is -3.66. The average Bonchev–Trinajstić information content (AvgIpc) is 3.15. The fourth-order valence-electron chi connectivity index (χ4n) is 2.96. The summed E-state index contributed by atoms with van der Waals surface area (Å²) in [5.74, 6) is -2.70. The highest BCUT2D eigenvalue weighted by molar-refractivity contribution is 6.15. The Balaban J connectivity index is 1.70. The molecule has 2 aromatic carbocycles. The number of hydrogen-bond acceptors (Lipinski definition) is 4. The third kappa shape index (κ3) is 4.01. The largest absolute Gasteiger partial charge is 0.336 e. The molecule has 3 rings (SSSR count). The van der Waals surface area contributed by atoms with Crippen LogP contribution in [0.2, 0.25) is 0 Å². The number of carbonyl (C=O) groups excluding carboxylic acids is 3. The van der Waals surface area contributed by atoms with Gasteiger partial charge in [0, 0.05) is 30.0 Å². The van der Waals surface area contributed by atoms with Gasteiger partial charge in [0.25, 0.3) is 0 Å². The van der Waals surface area contributed by atoms with Crippen LogP contribution in [0.4, 0.5) is 16.2 Å². The molecule has 1 fully saturated rings. The van der Waals surface area contributed by atoms with Crippen molar-refractivity contribution in [2.75, 3.05) is 23.3 Å². The summed E-state index contributed by atoms with van der Waals surface area (Å²) in [5, 5.41) is 14.7. The van der Waals surface area contributed by atoms with E-state index in [0.29, 0.717) is 24.5 Å². The summed E-state index contributed by atoms with van der Waals surface area (Å²) < 4.78 is 0. The van der Waals surface area contributed by atoms with E-state index in [4.69, 9.17) is 0 Å². The number of carbonyl (C=O) groups is 3. The van der Waals surface area contributed by atoms with Crippen molar-refractivity contribution in [3.63, 3.8) is 0 Å². The van der Waals surface area contributed by atoms with Crippen LogP contribution in [0.25, 0.3) is 0 Å². The summed E-state index contributed by atoms with van der Waals surface area (Å²) in [5.41, 5.74) is 2.55. The van der Waals surface area contributed by atoms with Crippen LogP contribution in [0.15, 0.2) is 48.5 Å². The van der Waals surface area contributed by atoms with Gasteiger partial charge in [-0.1, -0.05) is 19.1 Å². The first-order chi connectivity index (χ1) is 13.5. The number of aryl methyl sites for hydroxylation is 1. The van der Waals surface area contributed by atoms with E-state index in [1.54, 1.807) is 35.2 Å². The fraction of sp³-hybridized carbons (Fsp3) is 0.238. The Morgan fingerprint density at radius 3 is 2.39 bits per heavy atom. The van der Waals surface area contributed by atoms with E-state index < -0.39 is 17.6 Å². The van der Waals surface area contributed by atoms with Crippen LogP contribution in [-0.2, 0) is 11.2 Å². The SMILES string of the molecule is CCc1ccc(NC(=O)C(C#N)C(=O)c2ccc(N3CCNC3=O)cc2)cc1. The van der Waals surface area contributed by atoms with Crippen molar-refractivity contribution in [2.24, 2.45) is 5.92 Å². The van der Waals surface area contributed by atoms with Gasteiger partial charge in [-0.25, -0.2) is 4.79 Å². The minimum absolute atomic E-state index is 0.192. The van der Waals surface area contributed by atoms with Gasteiger partial charge in [-0.2, -0.15) is 5.26 Å². The monoisotopic (exact) mass is 376 g/mol. The Labute approximate surface area is 163 Å². The fourth-order valence-corrected chi connectivity index (χ4v) is 2.96. The van der Waals surface area contributed by atoms with Gasteiger partial charge in [0.1, 0.15) is 0 Å². The van der Waals surface area contributed by atoms with Crippen LogP contribution in [0.3, 0.4) is 0 Å². The van der Waals surface area contributed by atoms with Gasteiger partial charge in [0.2, 0.25) is 5.91 Å². The van der Waals surface area contributed by atoms with Crippen molar-refractivity contribution < 1.29 is 14.4 Å². The lowest BCUT2D eigenvalue weighted by molar-refractivity contribution is -0.117. The second kappa shape index (κ2) is 8.35. The van der Waals surface area contributed by atoms with Gasteiger partial charge < -0.3 is 10.6 Å². The van der Waals surface area contributed by atoms with E-state index in [2.05, 4.69) is 10.6 Å². The lowest BCUT2D eigenvalue weighted by atomic mass is 9.97. The first kappa shape index (κ1) is 19.1. The van der Waals surface area contributed by atoms with Gasteiger partial charge in [0.15, 0.2) is 11.7 Å². The Bertz CT molecular complexity index is 930. The van der Waals surface area contributed by atoms with Crippen molar-refractivity contribution in [1.29, 1.82) is 5.26 Å². The molecule has 0 radical (unpaired) electrons. The van der Waals surface area contributed by atoms with Crippen LogP contribution in [-0.4, -0.2) is 30.8 Å². The smallest absolute Gasteiger partial charge is 0.321 e. The van der Waals surface area contributed by atoms with Gasteiger partial charge in [-0.3, -0.25) is 14.5 Å². The molecule has 1 unspecified atom stereocenters. The van der Waals surface area contributed by atoms with Crippen LogP contribution >= 0.6 is 0 Å². The second-order valence-electron chi connectivity index (χ2n) is 6.40. The number of benzene rings is 2. The highest BCUT2D eigenvalue weighted by Crippen LogP contribution is 2.20. The summed E-state index contributed by atoms with van der Waals surface area (Å²) in [6, 6.07) is 15.2. The molecule has 28 heavy (non-hydrogen) atoms. The highest BCUT2D eigenvalue weighted by atomic mass is 16.2. The van der Waals surface area contributed by atoms with Crippen LogP contribution < -0.4 is 15.5 Å². The van der Waals surface area contributed by atoms with E-state index in [1.165, 1.54) is 12.1 Å². The molecular formula is C21H20N4O3. The summed E-state index contributed by atoms with van der Waals surface area (Å²) >= 11 is 0. The Morgan fingerprint density at radius 2 is 1.86 bits per heavy atom. The highest BCUT2D eigenvalue weighted by Gasteiger charge is 2.28. The second-order valence-corrected chi connectivity index (χ2v) is 6.40. The standard InChI is InChI=1S/C21H20N4O3/c1-2-14-3-7-16(8-4-14)24-20(27)18(13-22)19(26)15-5-9-17(10-6-15)25-12-11-23-21(25)28/h3-10,18H,2,11-12H2,1H3,(H,23,28)(H,24,27). The molecular weight excluding hydrogens is 356 g/mol. The zero-order valence-electron chi connectivity index (χ0n) is 15.4. The van der Waals surface area contributed by atoms with Crippen molar-refractivity contribution in [3.05, 3.63) is 59.7 Å². The number of Topliss-reactive ketones (excluding diaryl/α,β-unsaturated/α-hetero) is 1. The molecule has 1 heterocycles. The number of rotatable bonds is 6. The summed E-state index contributed by atoms with van der Waals surface area (Å²) in [7, 11) is 0. The van der Waals surface area contributed by atoms with Crippen molar-refractivity contribution in [2.45, 2.75) is 13.3 Å². The lowest BCUT2D eigenvalue weighted by Crippen LogP contribution is -2.29. The number of urea groups is 1. The quantitative estimate of drug-likeness (QED) is 0.598. The maximum Gasteiger partial charge on any atom is 0.321 e. The summed E-state index contributed by atoms with van der Waals surface area (Å²) in [6.45, 7) is 3.14. The predicted molar refractivity (Wildman–Crippen MR) is 105 cm³/mol. The van der Waals surface area contributed by atoms with E-state index in [1.807, 2.05) is 19.1 Å². The lowest BCUT2D eigenvalue weighted by Gasteiger charge is -2.15. The van der Waals surface area contributed by atoms with E-state index in [9.17, 15) is 19.6 Å². The predicted octanol–water partition coefficient (Wildman–Crippen LogP) is 2.74. The molecule has 0 bridgehead atoms. The first-order valence-corrected chi connectivity index (χ1v) is 9.02. The van der Waals surface area contributed by atoms with E-state index >= 15 is 0 Å². The molecule has 7 heteroatoms. The normalized spacial score (nSPS) is 14.1. The number of amides is 3. The minimum Gasteiger partial charge on any atom is -0.336 e. The van der Waals surface area contributed by atoms with Crippen LogP contribution in [0.5, 0.6) is 0 Å². The zero-order valence-corrected chi connectivity index (χ0v) is 15.4. The molecule has 1 atom stereocenters. The number of nitrogens with zero attached hydrogens (tertiary/aromatic N) is 2. The molecule has 0 aliphatic carbocycles. The van der Waals surface area contributed by atoms with E-state index in [0.717, 1.165) is 12.0 Å². The van der Waals surface area contributed by atoms with Crippen molar-refractivity contribution >= 4 is 29.1 Å². The third-order valence-corrected chi connectivity index (χ3v) is 4.60. The summed E-state index contributed by atoms with van der Waals surface area (Å²) in [4.78, 5) is 38.3. The third-order valence-electron chi connectivity index (χ3n) is 4.60. The molecule has 142 valence electrons. The molecule has 1 aliphatic rings. The number of hydrogen-bond donors (Lipinski definition) is 2. The Morgan fingerprint density at radius 1 is 1.18 bits per heavy atom. The first-order valence-electron chi connectivity index (χ1n) is 9.02. The summed E-state index contributed by atoms with van der Waals surface area (Å²) in [6.07, 6.45) is 0.878. The molecule has 1 saturated heterocycles. The van der Waals surface area contributed by atoms with Gasteiger partial charge in [-0.05, 0) is 48.4 Å². The molecule has 1 aliphatic heterocycles. The molecule has 0 saturated carbocycles. The Kier molecular flexibility index (Phi) is 5.70. The maximum atomic E-state index is 12.6. The average molecular weight is 376 g/mol. The maximum absolute atomic E-state index is 12.6. The molecule has 0 spiro atoms.